The van der Waals surface area contributed by atoms with Gasteiger partial charge in [0, 0.05) is 10.6 Å². The van der Waals surface area contributed by atoms with Gasteiger partial charge in [0.1, 0.15) is 5.75 Å². The second-order valence-corrected chi connectivity index (χ2v) is 7.87. The van der Waals surface area contributed by atoms with Crippen LogP contribution in [0.4, 0.5) is 0 Å². The number of hydrogen-bond acceptors (Lipinski definition) is 4. The summed E-state index contributed by atoms with van der Waals surface area (Å²) in [6.45, 7) is 4.35. The van der Waals surface area contributed by atoms with Crippen LogP contribution in [0.25, 0.3) is 0 Å². The molecule has 0 spiro atoms. The molecule has 4 heteroatoms. The van der Waals surface area contributed by atoms with Gasteiger partial charge in [0.25, 0.3) is 0 Å². The Hall–Kier alpha value is -1.49. The van der Waals surface area contributed by atoms with Gasteiger partial charge in [0.05, 0.1) is 11.6 Å². The maximum Gasteiger partial charge on any atom is 0.116 e. The molecule has 0 saturated carbocycles. The number of hydrogen-bond donors (Lipinski definition) is 2. The van der Waals surface area contributed by atoms with Crippen molar-refractivity contribution in [2.45, 2.75) is 56.0 Å². The minimum atomic E-state index is -0.268. The van der Waals surface area contributed by atoms with E-state index in [2.05, 4.69) is 26.0 Å². The third-order valence-corrected chi connectivity index (χ3v) is 6.63. The second kappa shape index (κ2) is 7.81. The number of fused-ring (bicyclic) bond motifs is 1. The van der Waals surface area contributed by atoms with E-state index in [-0.39, 0.29) is 17.3 Å². The number of phenols is 1. The maximum absolute atomic E-state index is 11.4. The fraction of sp³-hybridized carbons (Fsp3) is 0.429. The molecule has 3 nitrogen and oxygen atoms in total. The Morgan fingerprint density at radius 1 is 1.16 bits per heavy atom. The number of nitrogens with zero attached hydrogens (tertiary/aromatic N) is 1. The highest BCUT2D eigenvalue weighted by atomic mass is 32.2. The predicted molar refractivity (Wildman–Crippen MR) is 103 cm³/mol. The van der Waals surface area contributed by atoms with Gasteiger partial charge < -0.3 is 10.3 Å². The number of hydroxylamine groups is 2. The van der Waals surface area contributed by atoms with E-state index < -0.39 is 0 Å². The summed E-state index contributed by atoms with van der Waals surface area (Å²) in [7, 11) is 0. The van der Waals surface area contributed by atoms with E-state index in [0.717, 1.165) is 47.5 Å². The summed E-state index contributed by atoms with van der Waals surface area (Å²) >= 11 is 1.75. The zero-order chi connectivity index (χ0) is 17.9. The molecule has 2 aromatic rings. The summed E-state index contributed by atoms with van der Waals surface area (Å²) in [5.41, 5.74) is 1.87. The third-order valence-electron chi connectivity index (χ3n) is 5.29. The molecular formula is C21H27NO2S. The van der Waals surface area contributed by atoms with Gasteiger partial charge in [-0.3, -0.25) is 0 Å². The molecular weight excluding hydrogens is 330 g/mol. The maximum atomic E-state index is 11.4. The summed E-state index contributed by atoms with van der Waals surface area (Å²) in [6.07, 6.45) is 4.06. The molecule has 0 fully saturated rings. The van der Waals surface area contributed by atoms with E-state index in [9.17, 15) is 10.3 Å². The highest BCUT2D eigenvalue weighted by Crippen LogP contribution is 2.46. The van der Waals surface area contributed by atoms with Crippen LogP contribution in [0.3, 0.4) is 0 Å². The van der Waals surface area contributed by atoms with Crippen LogP contribution in [0, 0.1) is 0 Å². The average Bonchev–Trinajstić information content (AvgIpc) is 2.76. The molecule has 0 bridgehead atoms. The molecule has 25 heavy (non-hydrogen) atoms. The zero-order valence-electron chi connectivity index (χ0n) is 15.0. The van der Waals surface area contributed by atoms with E-state index in [1.54, 1.807) is 22.9 Å². The molecule has 2 atom stereocenters. The molecule has 3 rings (SSSR count). The van der Waals surface area contributed by atoms with Crippen LogP contribution >= 0.6 is 11.8 Å². The van der Waals surface area contributed by atoms with Crippen LogP contribution in [-0.2, 0) is 0 Å². The van der Waals surface area contributed by atoms with Crippen LogP contribution < -0.4 is 0 Å². The first-order chi connectivity index (χ1) is 12.1. The monoisotopic (exact) mass is 357 g/mol. The van der Waals surface area contributed by atoms with E-state index in [1.807, 2.05) is 30.3 Å². The molecule has 134 valence electrons. The molecule has 2 aromatic carbocycles. The van der Waals surface area contributed by atoms with Crippen LogP contribution in [-0.4, -0.2) is 26.7 Å². The van der Waals surface area contributed by atoms with Crippen molar-refractivity contribution in [2.24, 2.45) is 0 Å². The van der Waals surface area contributed by atoms with Gasteiger partial charge >= 0.3 is 0 Å². The lowest BCUT2D eigenvalue weighted by Gasteiger charge is -2.42. The summed E-state index contributed by atoms with van der Waals surface area (Å²) in [5, 5.41) is 23.0. The van der Waals surface area contributed by atoms with E-state index >= 15 is 0 Å². The van der Waals surface area contributed by atoms with Gasteiger partial charge in [-0.2, -0.15) is 5.06 Å². The lowest BCUT2D eigenvalue weighted by Crippen LogP contribution is -2.49. The van der Waals surface area contributed by atoms with Gasteiger partial charge in [-0.15, -0.1) is 11.8 Å². The molecule has 1 aliphatic heterocycles. The van der Waals surface area contributed by atoms with Crippen LogP contribution in [0.15, 0.2) is 53.4 Å². The lowest BCUT2D eigenvalue weighted by atomic mass is 9.87. The van der Waals surface area contributed by atoms with Crippen molar-refractivity contribution < 1.29 is 10.3 Å². The van der Waals surface area contributed by atoms with Crippen LogP contribution in [0.1, 0.15) is 56.7 Å². The molecule has 0 amide bonds. The number of unbranched alkanes of at least 4 members (excludes halogenated alkanes) is 1. The van der Waals surface area contributed by atoms with Crippen molar-refractivity contribution >= 4 is 11.8 Å². The molecule has 0 aliphatic carbocycles. The largest absolute Gasteiger partial charge is 0.508 e. The molecule has 2 N–H and O–H groups in total. The summed E-state index contributed by atoms with van der Waals surface area (Å²) < 4.78 is 0. The Labute approximate surface area is 154 Å². The molecule has 0 aromatic heterocycles. The summed E-state index contributed by atoms with van der Waals surface area (Å²) in [5.74, 6) is 1.10. The Kier molecular flexibility index (Phi) is 5.72. The first kappa shape index (κ1) is 18.3. The lowest BCUT2D eigenvalue weighted by molar-refractivity contribution is -0.193. The van der Waals surface area contributed by atoms with Crippen molar-refractivity contribution in [3.8, 4) is 5.75 Å². The average molecular weight is 358 g/mol. The van der Waals surface area contributed by atoms with E-state index in [1.165, 1.54) is 0 Å². The standard InChI is InChI=1S/C21H27NO2S/c1-3-5-13-21(4-2)15-25-19-14-17(23)11-12-18(19)20(22(21)24)16-9-7-6-8-10-16/h6-12,14,20,23-24H,3-5,13,15H2,1-2H3/t20-,21-/m0/s1. The fourth-order valence-corrected chi connectivity index (χ4v) is 5.10. The zero-order valence-corrected chi connectivity index (χ0v) is 15.8. The predicted octanol–water partition coefficient (Wildman–Crippen LogP) is 5.62. The molecule has 1 heterocycles. The van der Waals surface area contributed by atoms with Gasteiger partial charge in [-0.25, -0.2) is 0 Å². The summed E-state index contributed by atoms with van der Waals surface area (Å²) in [4.78, 5) is 1.06. The molecule has 1 aliphatic rings. The molecule has 0 radical (unpaired) electrons. The molecule has 0 unspecified atom stereocenters. The first-order valence-electron chi connectivity index (χ1n) is 9.10. The number of rotatable bonds is 5. The van der Waals surface area contributed by atoms with E-state index in [4.69, 9.17) is 0 Å². The minimum absolute atomic E-state index is 0.219. The minimum Gasteiger partial charge on any atom is -0.508 e. The number of phenolic OH excluding ortho intramolecular Hbond substituents is 1. The van der Waals surface area contributed by atoms with Crippen molar-refractivity contribution in [2.75, 3.05) is 5.75 Å². The van der Waals surface area contributed by atoms with Gasteiger partial charge in [0.15, 0.2) is 0 Å². The van der Waals surface area contributed by atoms with Crippen molar-refractivity contribution in [3.05, 3.63) is 59.7 Å². The Bertz CT molecular complexity index is 706. The van der Waals surface area contributed by atoms with Gasteiger partial charge in [-0.05, 0) is 36.1 Å². The van der Waals surface area contributed by atoms with Crippen LogP contribution in [0.2, 0.25) is 0 Å². The smallest absolute Gasteiger partial charge is 0.116 e. The highest BCUT2D eigenvalue weighted by molar-refractivity contribution is 7.99. The number of thioether (sulfide) groups is 1. The number of aromatic hydroxyl groups is 1. The third kappa shape index (κ3) is 3.57. The number of benzene rings is 2. The topological polar surface area (TPSA) is 43.7 Å². The Balaban J connectivity index is 2.12. The van der Waals surface area contributed by atoms with Crippen molar-refractivity contribution in [3.63, 3.8) is 0 Å². The Morgan fingerprint density at radius 2 is 1.92 bits per heavy atom. The van der Waals surface area contributed by atoms with E-state index in [0.29, 0.717) is 0 Å². The summed E-state index contributed by atoms with van der Waals surface area (Å²) in [6, 6.07) is 15.4. The quantitative estimate of drug-likeness (QED) is 0.729. The normalized spacial score (nSPS) is 23.9. The Morgan fingerprint density at radius 3 is 2.60 bits per heavy atom. The van der Waals surface area contributed by atoms with Gasteiger partial charge in [0.2, 0.25) is 0 Å². The SMILES string of the molecule is CCCC[C@@]1(CC)CSc2cc(O)ccc2[C@H](c2ccccc2)N1O. The van der Waals surface area contributed by atoms with Crippen molar-refractivity contribution in [1.29, 1.82) is 0 Å². The van der Waals surface area contributed by atoms with Gasteiger partial charge in [-0.1, -0.05) is 63.1 Å². The molecule has 0 saturated heterocycles. The highest BCUT2D eigenvalue weighted by Gasteiger charge is 2.42. The van der Waals surface area contributed by atoms with Crippen LogP contribution in [0.5, 0.6) is 5.75 Å². The fourth-order valence-electron chi connectivity index (χ4n) is 3.65. The van der Waals surface area contributed by atoms with Crippen molar-refractivity contribution in [1.82, 2.24) is 5.06 Å². The first-order valence-corrected chi connectivity index (χ1v) is 10.1. The second-order valence-electron chi connectivity index (χ2n) is 6.85.